The van der Waals surface area contributed by atoms with Gasteiger partial charge in [-0.2, -0.15) is 0 Å². The lowest BCUT2D eigenvalue weighted by Crippen LogP contribution is -2.04. The van der Waals surface area contributed by atoms with E-state index in [1.807, 2.05) is 0 Å². The summed E-state index contributed by atoms with van der Waals surface area (Å²) in [5, 5.41) is 3.83. The third-order valence-corrected chi connectivity index (χ3v) is 3.63. The maximum absolute atomic E-state index is 11.5. The fourth-order valence-electron chi connectivity index (χ4n) is 2.26. The summed E-state index contributed by atoms with van der Waals surface area (Å²) >= 11 is 0. The van der Waals surface area contributed by atoms with Crippen LogP contribution in [0.15, 0.2) is 29.4 Å². The molecule has 0 amide bonds. The SMILES string of the molecule is CCCCCCCC(=O)ON=CC(C)Cc1ccc(C)cc1. The molecule has 3 nitrogen and oxygen atoms in total. The van der Waals surface area contributed by atoms with E-state index >= 15 is 0 Å². The topological polar surface area (TPSA) is 38.7 Å². The van der Waals surface area contributed by atoms with Gasteiger partial charge in [0, 0.05) is 12.6 Å². The second-order valence-electron chi connectivity index (χ2n) is 6.05. The van der Waals surface area contributed by atoms with Gasteiger partial charge in [0.05, 0.1) is 0 Å². The molecule has 122 valence electrons. The van der Waals surface area contributed by atoms with E-state index in [4.69, 9.17) is 4.84 Å². The summed E-state index contributed by atoms with van der Waals surface area (Å²) in [5.74, 6) is 0.0235. The van der Waals surface area contributed by atoms with E-state index < -0.39 is 0 Å². The minimum atomic E-state index is -0.227. The Balaban J connectivity index is 2.18. The largest absolute Gasteiger partial charge is 0.334 e. The molecule has 1 aromatic carbocycles. The molecule has 0 fully saturated rings. The van der Waals surface area contributed by atoms with Gasteiger partial charge >= 0.3 is 5.97 Å². The van der Waals surface area contributed by atoms with Crippen molar-refractivity contribution in [3.05, 3.63) is 35.4 Å². The Hall–Kier alpha value is -1.64. The Morgan fingerprint density at radius 3 is 2.55 bits per heavy atom. The van der Waals surface area contributed by atoms with Crippen molar-refractivity contribution in [3.63, 3.8) is 0 Å². The highest BCUT2D eigenvalue weighted by Gasteiger charge is 2.04. The van der Waals surface area contributed by atoms with E-state index in [0.29, 0.717) is 6.42 Å². The first-order valence-corrected chi connectivity index (χ1v) is 8.40. The number of aryl methyl sites for hydroxylation is 1. The third kappa shape index (κ3) is 8.60. The van der Waals surface area contributed by atoms with Gasteiger partial charge in [-0.25, -0.2) is 4.79 Å². The first-order chi connectivity index (χ1) is 10.6. The molecule has 0 aliphatic rings. The number of oxime groups is 1. The van der Waals surface area contributed by atoms with Gasteiger partial charge in [-0.3, -0.25) is 0 Å². The number of benzene rings is 1. The van der Waals surface area contributed by atoms with Crippen molar-refractivity contribution >= 4 is 12.2 Å². The Morgan fingerprint density at radius 1 is 1.18 bits per heavy atom. The molecular formula is C19H29NO2. The molecule has 1 rings (SSSR count). The molecule has 0 bridgehead atoms. The van der Waals surface area contributed by atoms with E-state index in [2.05, 4.69) is 50.2 Å². The highest BCUT2D eigenvalue weighted by Crippen LogP contribution is 2.09. The maximum Gasteiger partial charge on any atom is 0.334 e. The molecular weight excluding hydrogens is 274 g/mol. The van der Waals surface area contributed by atoms with Crippen molar-refractivity contribution in [3.8, 4) is 0 Å². The molecule has 3 heteroatoms. The molecule has 0 aliphatic carbocycles. The van der Waals surface area contributed by atoms with Crippen LogP contribution in [0.5, 0.6) is 0 Å². The Morgan fingerprint density at radius 2 is 1.86 bits per heavy atom. The first kappa shape index (κ1) is 18.4. The van der Waals surface area contributed by atoms with Crippen LogP contribution in [0.3, 0.4) is 0 Å². The average molecular weight is 303 g/mol. The lowest BCUT2D eigenvalue weighted by Gasteiger charge is -2.05. The van der Waals surface area contributed by atoms with Gasteiger partial charge in [-0.1, -0.05) is 74.5 Å². The van der Waals surface area contributed by atoms with E-state index in [-0.39, 0.29) is 11.9 Å². The van der Waals surface area contributed by atoms with Crippen molar-refractivity contribution in [2.24, 2.45) is 11.1 Å². The number of rotatable bonds is 10. The highest BCUT2D eigenvalue weighted by atomic mass is 16.7. The normalized spacial score (nSPS) is 12.5. The van der Waals surface area contributed by atoms with Crippen molar-refractivity contribution in [1.82, 2.24) is 0 Å². The molecule has 0 aliphatic heterocycles. The van der Waals surface area contributed by atoms with Crippen LogP contribution < -0.4 is 0 Å². The van der Waals surface area contributed by atoms with E-state index in [1.165, 1.54) is 30.4 Å². The van der Waals surface area contributed by atoms with Gasteiger partial charge in [-0.15, -0.1) is 0 Å². The van der Waals surface area contributed by atoms with Crippen LogP contribution >= 0.6 is 0 Å². The second-order valence-corrected chi connectivity index (χ2v) is 6.05. The summed E-state index contributed by atoms with van der Waals surface area (Å²) in [6, 6.07) is 8.47. The smallest absolute Gasteiger partial charge is 0.319 e. The first-order valence-electron chi connectivity index (χ1n) is 8.40. The molecule has 0 N–H and O–H groups in total. The zero-order valence-corrected chi connectivity index (χ0v) is 14.2. The molecule has 1 unspecified atom stereocenters. The highest BCUT2D eigenvalue weighted by molar-refractivity contribution is 5.70. The molecule has 22 heavy (non-hydrogen) atoms. The molecule has 1 aromatic rings. The van der Waals surface area contributed by atoms with Crippen LogP contribution in [0, 0.1) is 12.8 Å². The molecule has 0 heterocycles. The number of nitrogens with zero attached hydrogens (tertiary/aromatic N) is 1. The van der Waals surface area contributed by atoms with Crippen LogP contribution in [0.25, 0.3) is 0 Å². The lowest BCUT2D eigenvalue weighted by molar-refractivity contribution is -0.143. The molecule has 0 spiro atoms. The number of unbranched alkanes of at least 4 members (excludes halogenated alkanes) is 4. The van der Waals surface area contributed by atoms with Crippen LogP contribution in [0.1, 0.15) is 63.5 Å². The van der Waals surface area contributed by atoms with Crippen LogP contribution in [0.2, 0.25) is 0 Å². The summed E-state index contributed by atoms with van der Waals surface area (Å²) in [6.07, 6.45) is 8.72. The standard InChI is InChI=1S/C19H29NO2/c1-4-5-6-7-8-9-19(21)22-20-15-17(3)14-18-12-10-16(2)11-13-18/h10-13,15,17H,4-9,14H2,1-3H3. The zero-order valence-electron chi connectivity index (χ0n) is 14.2. The fraction of sp³-hybridized carbons (Fsp3) is 0.579. The summed E-state index contributed by atoms with van der Waals surface area (Å²) in [6.45, 7) is 6.33. The van der Waals surface area contributed by atoms with Gasteiger partial charge in [0.2, 0.25) is 0 Å². The minimum Gasteiger partial charge on any atom is -0.319 e. The van der Waals surface area contributed by atoms with Crippen molar-refractivity contribution in [1.29, 1.82) is 0 Å². The van der Waals surface area contributed by atoms with Crippen LogP contribution in [0.4, 0.5) is 0 Å². The number of carbonyl (C=O) groups excluding carboxylic acids is 1. The van der Waals surface area contributed by atoms with Crippen LogP contribution in [-0.2, 0) is 16.1 Å². The maximum atomic E-state index is 11.5. The summed E-state index contributed by atoms with van der Waals surface area (Å²) in [5.41, 5.74) is 2.53. The zero-order chi connectivity index (χ0) is 16.2. The monoisotopic (exact) mass is 303 g/mol. The Bertz CT molecular complexity index is 451. The van der Waals surface area contributed by atoms with Crippen molar-refractivity contribution < 1.29 is 9.63 Å². The summed E-state index contributed by atoms with van der Waals surface area (Å²) < 4.78 is 0. The van der Waals surface area contributed by atoms with E-state index in [9.17, 15) is 4.79 Å². The summed E-state index contributed by atoms with van der Waals surface area (Å²) in [7, 11) is 0. The average Bonchev–Trinajstić information content (AvgIpc) is 2.49. The van der Waals surface area contributed by atoms with Crippen molar-refractivity contribution in [2.75, 3.05) is 0 Å². The molecule has 0 saturated carbocycles. The van der Waals surface area contributed by atoms with Gasteiger partial charge in [-0.05, 0) is 31.2 Å². The Kier molecular flexibility index (Phi) is 9.20. The molecule has 0 saturated heterocycles. The number of hydrogen-bond acceptors (Lipinski definition) is 3. The van der Waals surface area contributed by atoms with Crippen LogP contribution in [-0.4, -0.2) is 12.2 Å². The van der Waals surface area contributed by atoms with Gasteiger partial charge in [0.25, 0.3) is 0 Å². The second kappa shape index (κ2) is 11.0. The lowest BCUT2D eigenvalue weighted by atomic mass is 10.0. The predicted molar refractivity (Wildman–Crippen MR) is 92.0 cm³/mol. The molecule has 0 aromatic heterocycles. The van der Waals surface area contributed by atoms with Crippen molar-refractivity contribution in [2.45, 2.75) is 65.7 Å². The predicted octanol–water partition coefficient (Wildman–Crippen LogP) is 5.06. The van der Waals surface area contributed by atoms with E-state index in [0.717, 1.165) is 19.3 Å². The minimum absolute atomic E-state index is 0.227. The number of hydrogen-bond donors (Lipinski definition) is 0. The number of carbonyl (C=O) groups is 1. The molecule has 1 atom stereocenters. The van der Waals surface area contributed by atoms with Gasteiger partial charge in [0.15, 0.2) is 0 Å². The Labute approximate surface area is 134 Å². The summed E-state index contributed by atoms with van der Waals surface area (Å²) in [4.78, 5) is 16.4. The quantitative estimate of drug-likeness (QED) is 0.262. The fourth-order valence-corrected chi connectivity index (χ4v) is 2.26. The molecule has 0 radical (unpaired) electrons. The van der Waals surface area contributed by atoms with Gasteiger partial charge < -0.3 is 4.84 Å². The van der Waals surface area contributed by atoms with E-state index in [1.54, 1.807) is 6.21 Å². The third-order valence-electron chi connectivity index (χ3n) is 3.63. The van der Waals surface area contributed by atoms with Gasteiger partial charge in [0.1, 0.15) is 0 Å².